The Kier molecular flexibility index (Phi) is 5.86. The number of hydrogen-bond donors (Lipinski definition) is 2. The Balaban J connectivity index is 2.75. The first-order chi connectivity index (χ1) is 4.27. The Bertz CT molecular complexity index is 54.9. The maximum Gasteiger partial charge on any atom is 0.149 e. The van der Waals surface area contributed by atoms with Crippen molar-refractivity contribution in [2.75, 3.05) is 20.2 Å². The predicted octanol–water partition coefficient (Wildman–Crippen LogP) is -0.692. The van der Waals surface area contributed by atoms with Gasteiger partial charge in [-0.2, -0.15) is 0 Å². The van der Waals surface area contributed by atoms with Gasteiger partial charge in [-0.1, -0.05) is 0 Å². The first-order valence-electron chi connectivity index (χ1n) is 2.71. The van der Waals surface area contributed by atoms with E-state index < -0.39 is 6.10 Å². The Morgan fingerprint density at radius 3 is 2.56 bits per heavy atom. The van der Waals surface area contributed by atoms with Gasteiger partial charge in [0.15, 0.2) is 0 Å². The van der Waals surface area contributed by atoms with Gasteiger partial charge in [0.25, 0.3) is 0 Å². The van der Waals surface area contributed by atoms with Crippen molar-refractivity contribution in [2.45, 2.75) is 13.0 Å². The second kappa shape index (κ2) is 5.97. The molecule has 0 spiro atoms. The third-order valence-corrected chi connectivity index (χ3v) is 0.617. The van der Waals surface area contributed by atoms with Crippen LogP contribution in [0.1, 0.15) is 6.92 Å². The lowest BCUT2D eigenvalue weighted by molar-refractivity contribution is -0.120. The van der Waals surface area contributed by atoms with Gasteiger partial charge in [-0.3, -0.25) is 0 Å². The van der Waals surface area contributed by atoms with Crippen LogP contribution in [0.3, 0.4) is 0 Å². The molecule has 0 radical (unpaired) electrons. The minimum Gasteiger partial charge on any atom is -0.391 e. The topological polar surface area (TPSA) is 58.9 Å². The maximum atomic E-state index is 8.61. The van der Waals surface area contributed by atoms with Crippen LogP contribution in [-0.4, -0.2) is 36.5 Å². The molecule has 0 aromatic heterocycles. The fourth-order valence-corrected chi connectivity index (χ4v) is 0.315. The van der Waals surface area contributed by atoms with E-state index in [1.165, 1.54) is 0 Å². The quantitative estimate of drug-likeness (QED) is 0.388. The molecule has 0 aromatic carbocycles. The summed E-state index contributed by atoms with van der Waals surface area (Å²) >= 11 is 0. The van der Waals surface area contributed by atoms with Crippen LogP contribution in [0.2, 0.25) is 0 Å². The van der Waals surface area contributed by atoms with E-state index in [1.54, 1.807) is 6.92 Å². The number of ether oxygens (including phenoxy) is 2. The van der Waals surface area contributed by atoms with Crippen LogP contribution in [0.15, 0.2) is 0 Å². The second-order valence-electron chi connectivity index (χ2n) is 1.67. The van der Waals surface area contributed by atoms with Crippen LogP contribution in [0.4, 0.5) is 0 Å². The molecule has 0 amide bonds. The monoisotopic (exact) mass is 136 g/mol. The average molecular weight is 136 g/mol. The van der Waals surface area contributed by atoms with E-state index in [0.717, 1.165) is 0 Å². The molecule has 0 bridgehead atoms. The molecule has 4 heteroatoms. The summed E-state index contributed by atoms with van der Waals surface area (Å²) in [6.45, 7) is 1.53. The fraction of sp³-hybridized carbons (Fsp3) is 1.00. The molecule has 1 atom stereocenters. The minimum absolute atomic E-state index is 0.0292. The van der Waals surface area contributed by atoms with E-state index in [9.17, 15) is 0 Å². The molecule has 9 heavy (non-hydrogen) atoms. The van der Waals surface area contributed by atoms with Crippen molar-refractivity contribution < 1.29 is 19.7 Å². The van der Waals surface area contributed by atoms with E-state index in [1.807, 2.05) is 0 Å². The van der Waals surface area contributed by atoms with Crippen LogP contribution < -0.4 is 0 Å². The summed E-state index contributed by atoms with van der Waals surface area (Å²) in [6.07, 6.45) is -0.479. The molecule has 4 nitrogen and oxygen atoms in total. The van der Waals surface area contributed by atoms with Crippen molar-refractivity contribution in [1.82, 2.24) is 0 Å². The molecule has 0 saturated carbocycles. The molecule has 0 aromatic rings. The van der Waals surface area contributed by atoms with Crippen molar-refractivity contribution >= 4 is 0 Å². The largest absolute Gasteiger partial charge is 0.391 e. The molecule has 0 aliphatic carbocycles. The zero-order valence-corrected chi connectivity index (χ0v) is 5.41. The molecule has 0 saturated heterocycles. The van der Waals surface area contributed by atoms with Gasteiger partial charge in [0.1, 0.15) is 13.6 Å². The highest BCUT2D eigenvalue weighted by molar-refractivity contribution is 4.37. The van der Waals surface area contributed by atoms with Gasteiger partial charge in [0.2, 0.25) is 0 Å². The smallest absolute Gasteiger partial charge is 0.149 e. The van der Waals surface area contributed by atoms with Crippen LogP contribution in [0.25, 0.3) is 0 Å². The van der Waals surface area contributed by atoms with E-state index in [0.29, 0.717) is 0 Å². The first-order valence-corrected chi connectivity index (χ1v) is 2.71. The minimum atomic E-state index is -0.479. The lowest BCUT2D eigenvalue weighted by Crippen LogP contribution is -2.12. The van der Waals surface area contributed by atoms with Gasteiger partial charge < -0.3 is 19.7 Å². The highest BCUT2D eigenvalue weighted by Gasteiger charge is 1.92. The molecule has 0 aliphatic heterocycles. The lowest BCUT2D eigenvalue weighted by atomic mass is 10.5. The van der Waals surface area contributed by atoms with E-state index in [2.05, 4.69) is 4.74 Å². The molecule has 1 unspecified atom stereocenters. The lowest BCUT2D eigenvalue weighted by Gasteiger charge is -2.04. The van der Waals surface area contributed by atoms with Gasteiger partial charge >= 0.3 is 0 Å². The number of hydrogen-bond acceptors (Lipinski definition) is 4. The number of rotatable bonds is 5. The SMILES string of the molecule is CC(O)COCOCO. The van der Waals surface area contributed by atoms with Crippen molar-refractivity contribution in [1.29, 1.82) is 0 Å². The molecule has 0 fully saturated rings. The van der Waals surface area contributed by atoms with Crippen molar-refractivity contribution in [3.63, 3.8) is 0 Å². The Morgan fingerprint density at radius 2 is 2.11 bits per heavy atom. The Labute approximate surface area is 54.0 Å². The highest BCUT2D eigenvalue weighted by atomic mass is 16.7. The van der Waals surface area contributed by atoms with E-state index in [4.69, 9.17) is 14.9 Å². The molecule has 0 heterocycles. The first kappa shape index (κ1) is 8.84. The fourth-order valence-electron chi connectivity index (χ4n) is 0.315. The Hall–Kier alpha value is -0.160. The second-order valence-corrected chi connectivity index (χ2v) is 1.67. The van der Waals surface area contributed by atoms with Crippen LogP contribution in [0, 0.1) is 0 Å². The molecule has 56 valence electrons. The Morgan fingerprint density at radius 1 is 1.44 bits per heavy atom. The normalized spacial score (nSPS) is 13.7. The van der Waals surface area contributed by atoms with Crippen molar-refractivity contribution in [2.24, 2.45) is 0 Å². The van der Waals surface area contributed by atoms with Crippen LogP contribution in [0.5, 0.6) is 0 Å². The van der Waals surface area contributed by atoms with Gasteiger partial charge in [0.05, 0.1) is 12.7 Å². The molecular weight excluding hydrogens is 124 g/mol. The number of aliphatic hydroxyl groups is 2. The van der Waals surface area contributed by atoms with Gasteiger partial charge in [-0.15, -0.1) is 0 Å². The summed E-state index contributed by atoms with van der Waals surface area (Å²) < 4.78 is 9.11. The maximum absolute atomic E-state index is 8.61. The predicted molar refractivity (Wildman–Crippen MR) is 30.7 cm³/mol. The third-order valence-electron chi connectivity index (χ3n) is 0.617. The summed E-state index contributed by atoms with van der Waals surface area (Å²) in [4.78, 5) is 0. The van der Waals surface area contributed by atoms with Crippen LogP contribution in [-0.2, 0) is 9.47 Å². The average Bonchev–Trinajstić information content (AvgIpc) is 1.80. The summed E-state index contributed by atoms with van der Waals surface area (Å²) in [5, 5.41) is 16.7. The highest BCUT2D eigenvalue weighted by Crippen LogP contribution is 1.82. The standard InChI is InChI=1S/C5H12O4/c1-5(7)2-8-4-9-3-6/h5-7H,2-4H2,1H3. The van der Waals surface area contributed by atoms with Gasteiger partial charge in [0, 0.05) is 0 Å². The summed E-state index contributed by atoms with van der Waals surface area (Å²) in [7, 11) is 0. The van der Waals surface area contributed by atoms with Gasteiger partial charge in [-0.25, -0.2) is 0 Å². The summed E-state index contributed by atoms with van der Waals surface area (Å²) in [5.41, 5.74) is 0. The molecule has 2 N–H and O–H groups in total. The zero-order valence-electron chi connectivity index (χ0n) is 5.41. The van der Waals surface area contributed by atoms with E-state index in [-0.39, 0.29) is 20.2 Å². The van der Waals surface area contributed by atoms with Crippen LogP contribution >= 0.6 is 0 Å². The van der Waals surface area contributed by atoms with Gasteiger partial charge in [-0.05, 0) is 6.92 Å². The molecular formula is C5H12O4. The third kappa shape index (κ3) is 7.84. The van der Waals surface area contributed by atoms with Crippen molar-refractivity contribution in [3.05, 3.63) is 0 Å². The van der Waals surface area contributed by atoms with Crippen molar-refractivity contribution in [3.8, 4) is 0 Å². The molecule has 0 rings (SSSR count). The summed E-state index contributed by atoms with van der Waals surface area (Å²) in [5.74, 6) is 0. The summed E-state index contributed by atoms with van der Waals surface area (Å²) in [6, 6.07) is 0. The zero-order chi connectivity index (χ0) is 7.11. The number of aliphatic hydroxyl groups excluding tert-OH is 2. The van der Waals surface area contributed by atoms with E-state index >= 15 is 0 Å². The molecule has 0 aliphatic rings.